The molecule has 4 N–H and O–H groups in total. The Labute approximate surface area is 463 Å². The fraction of sp³-hybridized carbons (Fsp3) is 0.312. The molecule has 394 valence electrons. The van der Waals surface area contributed by atoms with Gasteiger partial charge >= 0.3 is 0 Å². The summed E-state index contributed by atoms with van der Waals surface area (Å²) in [5.41, 5.74) is 14.3. The van der Waals surface area contributed by atoms with E-state index in [1.54, 1.807) is 0 Å². The van der Waals surface area contributed by atoms with Crippen molar-refractivity contribution in [1.82, 2.24) is 9.97 Å². The summed E-state index contributed by atoms with van der Waals surface area (Å²) in [6, 6.07) is 57.4. The summed E-state index contributed by atoms with van der Waals surface area (Å²) in [6.45, 7) is 26.5. The number of nitrogens with one attached hydrogen (secondary N) is 4. The molecule has 0 aliphatic rings. The number of hydrogen-bond donors (Lipinski definition) is 4. The standard InChI is InChI=1S/2C27H35N3.C10H8O2.2Co/c2*1-18(2)22-12-7-9-14-26(22)28-20(5)24-16-11-17-25(30-24)21(6)29-27-15-10-8-13-23(27)19(3)4;11-9-5-7-3-1-2-4-8(7)6-10(9)12;;/h2*7-21,28-29H,1-6H3;1-6,11-12H;;/p-2. The van der Waals surface area contributed by atoms with Crippen molar-refractivity contribution >= 4 is 33.5 Å². The van der Waals surface area contributed by atoms with Gasteiger partial charge in [-0.3, -0.25) is 9.97 Å². The van der Waals surface area contributed by atoms with Crippen LogP contribution in [0.2, 0.25) is 0 Å². The van der Waals surface area contributed by atoms with E-state index in [1.807, 2.05) is 24.3 Å². The first-order valence-electron chi connectivity index (χ1n) is 25.7. The molecule has 8 nitrogen and oxygen atoms in total. The van der Waals surface area contributed by atoms with Crippen LogP contribution in [-0.2, 0) is 33.6 Å². The summed E-state index contributed by atoms with van der Waals surface area (Å²) in [4.78, 5) is 9.98. The van der Waals surface area contributed by atoms with Crippen LogP contribution in [0.25, 0.3) is 10.8 Å². The first kappa shape index (κ1) is 60.2. The van der Waals surface area contributed by atoms with Crippen molar-refractivity contribution in [3.05, 3.63) is 215 Å². The third-order valence-electron chi connectivity index (χ3n) is 13.0. The number of anilines is 4. The Morgan fingerprint density at radius 1 is 0.297 bits per heavy atom. The SMILES string of the molecule is CC(C)c1ccccc1NC(C)c1cccc(C(C)Nc2ccccc2C(C)C)n1.CC(C)c1ccccc1NC(C)c1cccc(C(C)Nc2ccccc2C(C)C)n1.[Co].[Co].[O-]c1cc2ccccc2cc1[O-]. The van der Waals surface area contributed by atoms with Crippen LogP contribution >= 0.6 is 0 Å². The van der Waals surface area contributed by atoms with Crippen molar-refractivity contribution in [3.63, 3.8) is 0 Å². The molecule has 6 aromatic carbocycles. The van der Waals surface area contributed by atoms with Crippen LogP contribution in [0, 0.1) is 0 Å². The fourth-order valence-electron chi connectivity index (χ4n) is 8.86. The van der Waals surface area contributed by atoms with Crippen molar-refractivity contribution in [1.29, 1.82) is 0 Å². The third-order valence-corrected chi connectivity index (χ3v) is 13.0. The quantitative estimate of drug-likeness (QED) is 0.0755. The number of fused-ring (bicyclic) bond motifs is 1. The molecule has 74 heavy (non-hydrogen) atoms. The van der Waals surface area contributed by atoms with E-state index >= 15 is 0 Å². The number of rotatable bonds is 16. The number of nitrogens with zero attached hydrogens (tertiary/aromatic N) is 2. The van der Waals surface area contributed by atoms with E-state index in [1.165, 1.54) is 57.1 Å². The van der Waals surface area contributed by atoms with Gasteiger partial charge in [-0.2, -0.15) is 0 Å². The molecule has 2 aromatic heterocycles. The van der Waals surface area contributed by atoms with E-state index in [0.29, 0.717) is 23.7 Å². The predicted octanol–water partition coefficient (Wildman–Crippen LogP) is 16.3. The molecule has 0 aliphatic carbocycles. The summed E-state index contributed by atoms with van der Waals surface area (Å²) in [5.74, 6) is 1.04. The van der Waals surface area contributed by atoms with Crippen molar-refractivity contribution in [2.24, 2.45) is 0 Å². The molecule has 4 unspecified atom stereocenters. The van der Waals surface area contributed by atoms with E-state index in [9.17, 15) is 10.2 Å². The molecular weight excluding hydrogens is 1000 g/mol. The number of aromatic nitrogens is 2. The number of benzene rings is 6. The smallest absolute Gasteiger partial charge is 0.0657 e. The fourth-order valence-corrected chi connectivity index (χ4v) is 8.86. The molecule has 0 aliphatic heterocycles. The predicted molar refractivity (Wildman–Crippen MR) is 302 cm³/mol. The first-order chi connectivity index (χ1) is 34.5. The van der Waals surface area contributed by atoms with E-state index in [2.05, 4.69) is 238 Å². The Balaban J connectivity index is 0.000000256. The largest absolute Gasteiger partial charge is 0.873 e. The maximum atomic E-state index is 10.9. The second-order valence-electron chi connectivity index (χ2n) is 20.1. The Morgan fingerprint density at radius 2 is 0.514 bits per heavy atom. The Hall–Kier alpha value is -6.31. The van der Waals surface area contributed by atoms with Crippen molar-refractivity contribution in [3.8, 4) is 11.5 Å². The van der Waals surface area contributed by atoms with Gasteiger partial charge in [0.15, 0.2) is 0 Å². The minimum Gasteiger partial charge on any atom is -0.873 e. The molecule has 0 saturated heterocycles. The molecule has 0 bridgehead atoms. The molecule has 0 fully saturated rings. The molecule has 0 spiro atoms. The zero-order valence-electron chi connectivity index (χ0n) is 45.2. The summed E-state index contributed by atoms with van der Waals surface area (Å²) in [6.07, 6.45) is 0. The molecule has 2 heterocycles. The van der Waals surface area contributed by atoms with Crippen LogP contribution in [0.4, 0.5) is 22.7 Å². The van der Waals surface area contributed by atoms with Gasteiger partial charge in [0.25, 0.3) is 0 Å². The second kappa shape index (κ2) is 29.0. The van der Waals surface area contributed by atoms with Gasteiger partial charge in [-0.25, -0.2) is 0 Å². The molecule has 0 saturated carbocycles. The average molecular weight is 1080 g/mol. The van der Waals surface area contributed by atoms with Crippen LogP contribution in [0.15, 0.2) is 170 Å². The van der Waals surface area contributed by atoms with Gasteiger partial charge in [-0.05, 0) is 133 Å². The Kier molecular flexibility index (Phi) is 23.6. The molecule has 8 rings (SSSR count). The molecule has 8 aromatic rings. The van der Waals surface area contributed by atoms with Crippen LogP contribution in [0.3, 0.4) is 0 Å². The van der Waals surface area contributed by atoms with Crippen LogP contribution in [0.5, 0.6) is 11.5 Å². The van der Waals surface area contributed by atoms with Gasteiger partial charge in [-0.1, -0.05) is 177 Å². The number of hydrogen-bond acceptors (Lipinski definition) is 8. The van der Waals surface area contributed by atoms with Gasteiger partial charge < -0.3 is 31.5 Å². The zero-order valence-corrected chi connectivity index (χ0v) is 47.2. The summed E-state index contributed by atoms with van der Waals surface area (Å²) >= 11 is 0. The summed E-state index contributed by atoms with van der Waals surface area (Å²) < 4.78 is 0. The molecular formula is C64H76Co2N6O2-2. The maximum Gasteiger partial charge on any atom is 0.0657 e. The monoisotopic (exact) mass is 1080 g/mol. The first-order valence-corrected chi connectivity index (χ1v) is 25.7. The van der Waals surface area contributed by atoms with Crippen LogP contribution < -0.4 is 31.5 Å². The second-order valence-corrected chi connectivity index (χ2v) is 20.1. The topological polar surface area (TPSA) is 120 Å². The number of pyridine rings is 2. The van der Waals surface area contributed by atoms with Crippen molar-refractivity contribution < 1.29 is 43.8 Å². The van der Waals surface area contributed by atoms with E-state index < -0.39 is 11.5 Å². The van der Waals surface area contributed by atoms with Crippen molar-refractivity contribution in [2.45, 2.75) is 131 Å². The molecule has 10 heteroatoms. The number of para-hydroxylation sites is 4. The Morgan fingerprint density at radius 3 is 0.743 bits per heavy atom. The minimum absolute atomic E-state index is 0. The molecule has 2 radical (unpaired) electrons. The van der Waals surface area contributed by atoms with Crippen LogP contribution in [-0.4, -0.2) is 9.97 Å². The Bertz CT molecular complexity index is 2630. The van der Waals surface area contributed by atoms with E-state index in [-0.39, 0.29) is 57.7 Å². The van der Waals surface area contributed by atoms with E-state index in [0.717, 1.165) is 33.5 Å². The van der Waals surface area contributed by atoms with E-state index in [4.69, 9.17) is 9.97 Å². The minimum atomic E-state index is -0.436. The maximum absolute atomic E-state index is 10.9. The normalized spacial score (nSPS) is 12.5. The average Bonchev–Trinajstić information content (AvgIpc) is 3.37. The van der Waals surface area contributed by atoms with Gasteiger partial charge in [0.2, 0.25) is 0 Å². The molecule has 4 atom stereocenters. The van der Waals surface area contributed by atoms with Gasteiger partial charge in [0.1, 0.15) is 0 Å². The van der Waals surface area contributed by atoms with Crippen molar-refractivity contribution in [2.75, 3.05) is 21.3 Å². The summed E-state index contributed by atoms with van der Waals surface area (Å²) in [5, 5.41) is 38.1. The van der Waals surface area contributed by atoms with Gasteiger partial charge in [-0.15, -0.1) is 11.5 Å². The van der Waals surface area contributed by atoms with Gasteiger partial charge in [0, 0.05) is 56.3 Å². The molecule has 0 amide bonds. The zero-order chi connectivity index (χ0) is 51.9. The summed E-state index contributed by atoms with van der Waals surface area (Å²) in [7, 11) is 0. The van der Waals surface area contributed by atoms with Crippen LogP contribution in [0.1, 0.15) is 176 Å². The van der Waals surface area contributed by atoms with Gasteiger partial charge in [0.05, 0.1) is 46.9 Å². The third kappa shape index (κ3) is 16.6.